The van der Waals surface area contributed by atoms with Gasteiger partial charge in [-0.3, -0.25) is 0 Å². The van der Waals surface area contributed by atoms with Crippen molar-refractivity contribution < 1.29 is 8.78 Å². The second kappa shape index (κ2) is 12.3. The van der Waals surface area contributed by atoms with Crippen molar-refractivity contribution in [2.45, 2.75) is 136 Å². The highest BCUT2D eigenvalue weighted by Gasteiger charge is 2.49. The van der Waals surface area contributed by atoms with Gasteiger partial charge in [-0.1, -0.05) is 94.4 Å². The summed E-state index contributed by atoms with van der Waals surface area (Å²) in [5, 5.41) is 1.15. The molecule has 6 aromatic rings. The summed E-state index contributed by atoms with van der Waals surface area (Å²) in [7, 11) is 0. The van der Waals surface area contributed by atoms with Crippen molar-refractivity contribution in [3.8, 4) is 0 Å². The van der Waals surface area contributed by atoms with Crippen LogP contribution in [-0.2, 0) is 27.1 Å². The number of aryl methyl sites for hydroxylation is 1. The summed E-state index contributed by atoms with van der Waals surface area (Å²) in [6, 6.07) is 27.8. The van der Waals surface area contributed by atoms with Gasteiger partial charge in [-0.15, -0.1) is 11.3 Å². The molecule has 59 heavy (non-hydrogen) atoms. The standard InChI is InChI=1S/C53H57BF2N2S/c1-30-23-43-46-44(24-30)58(41-18-15-32(55)25-40(41)56)47-34-26-35-38(53(11,12)22-19-50(35,5)6)29-45(34)59-48(47)54(46)39-27-36-37(52(9,10)21-20-51(36,7)8)28-42(39)57(43)33-16-13-31(14-17-33)49(2,3)4/h13-18,23-29H,19-22H2,1-12H3. The fourth-order valence-electron chi connectivity index (χ4n) is 11.0. The van der Waals surface area contributed by atoms with Gasteiger partial charge in [0.2, 0.25) is 0 Å². The molecule has 302 valence electrons. The largest absolute Gasteiger partial charge is 0.311 e. The van der Waals surface area contributed by atoms with E-state index >= 15 is 4.39 Å². The third-order valence-corrected chi connectivity index (χ3v) is 16.1. The molecular formula is C53H57BF2N2S. The fraction of sp³-hybridized carbons (Fsp3) is 0.396. The van der Waals surface area contributed by atoms with Crippen LogP contribution in [0.25, 0.3) is 10.1 Å². The molecule has 1 aromatic heterocycles. The lowest BCUT2D eigenvalue weighted by Crippen LogP contribution is -2.61. The van der Waals surface area contributed by atoms with Crippen molar-refractivity contribution >= 4 is 78.0 Å². The highest BCUT2D eigenvalue weighted by Crippen LogP contribution is 2.54. The lowest BCUT2D eigenvalue weighted by atomic mass is 9.35. The zero-order valence-electron chi connectivity index (χ0n) is 37.0. The van der Waals surface area contributed by atoms with Crippen molar-refractivity contribution in [2.24, 2.45) is 0 Å². The van der Waals surface area contributed by atoms with Crippen molar-refractivity contribution in [3.05, 3.63) is 124 Å². The average molecular weight is 803 g/mol. The molecule has 2 nitrogen and oxygen atoms in total. The van der Waals surface area contributed by atoms with Crippen LogP contribution in [0.15, 0.2) is 78.9 Å². The van der Waals surface area contributed by atoms with Gasteiger partial charge in [-0.05, 0) is 159 Å². The monoisotopic (exact) mass is 802 g/mol. The van der Waals surface area contributed by atoms with E-state index in [-0.39, 0.29) is 33.8 Å². The minimum absolute atomic E-state index is 0.00588. The quantitative estimate of drug-likeness (QED) is 0.161. The van der Waals surface area contributed by atoms with E-state index in [0.717, 1.165) is 65.4 Å². The van der Waals surface area contributed by atoms with Crippen molar-refractivity contribution in [1.29, 1.82) is 0 Å². The molecule has 0 fully saturated rings. The summed E-state index contributed by atoms with van der Waals surface area (Å²) in [6.45, 7) is 28.1. The number of thiophene rings is 1. The van der Waals surface area contributed by atoms with Gasteiger partial charge in [0.1, 0.15) is 11.6 Å². The van der Waals surface area contributed by atoms with Gasteiger partial charge < -0.3 is 9.80 Å². The number of anilines is 6. The molecule has 2 aliphatic heterocycles. The summed E-state index contributed by atoms with van der Waals surface area (Å²) in [6.07, 6.45) is 4.49. The normalized spacial score (nSPS) is 19.2. The highest BCUT2D eigenvalue weighted by atomic mass is 32.1. The predicted molar refractivity (Wildman–Crippen MR) is 250 cm³/mol. The van der Waals surface area contributed by atoms with Crippen LogP contribution in [0, 0.1) is 18.6 Å². The van der Waals surface area contributed by atoms with Crippen molar-refractivity contribution in [3.63, 3.8) is 0 Å². The molecule has 0 bridgehead atoms. The molecule has 3 heterocycles. The van der Waals surface area contributed by atoms with Crippen LogP contribution in [0.5, 0.6) is 0 Å². The minimum Gasteiger partial charge on any atom is -0.311 e. The average Bonchev–Trinajstić information content (AvgIpc) is 3.53. The van der Waals surface area contributed by atoms with Crippen LogP contribution in [-0.4, -0.2) is 6.71 Å². The third-order valence-electron chi connectivity index (χ3n) is 14.9. The lowest BCUT2D eigenvalue weighted by molar-refractivity contribution is 0.332. The SMILES string of the molecule is Cc1cc2c3c(c1)N(c1ccc(F)cc1F)c1c(sc4cc5c(cc14)C(C)(C)CCC5(C)C)B3c1cc3c(cc1N2c1ccc(C(C)(C)C)cc1)C(C)(C)CCC3(C)C. The molecule has 0 saturated heterocycles. The van der Waals surface area contributed by atoms with Crippen LogP contribution < -0.4 is 25.5 Å². The Kier molecular flexibility index (Phi) is 8.11. The molecular weight excluding hydrogens is 745 g/mol. The number of hydrogen-bond donors (Lipinski definition) is 0. The first-order chi connectivity index (χ1) is 27.6. The number of benzene rings is 5. The van der Waals surface area contributed by atoms with E-state index < -0.39 is 11.6 Å². The maximum absolute atomic E-state index is 16.6. The number of fused-ring (bicyclic) bond motifs is 8. The summed E-state index contributed by atoms with van der Waals surface area (Å²) in [4.78, 5) is 4.64. The highest BCUT2D eigenvalue weighted by molar-refractivity contribution is 7.33. The van der Waals surface area contributed by atoms with Gasteiger partial charge >= 0.3 is 0 Å². The first kappa shape index (κ1) is 38.8. The Hall–Kier alpha value is -4.42. The molecule has 0 N–H and O–H groups in total. The van der Waals surface area contributed by atoms with E-state index in [1.165, 1.54) is 60.0 Å². The van der Waals surface area contributed by atoms with Crippen molar-refractivity contribution in [2.75, 3.05) is 9.80 Å². The van der Waals surface area contributed by atoms with Gasteiger partial charge in [0.15, 0.2) is 0 Å². The number of nitrogens with zero attached hydrogens (tertiary/aromatic N) is 2. The number of rotatable bonds is 2. The lowest BCUT2D eigenvalue weighted by Gasteiger charge is -2.47. The zero-order chi connectivity index (χ0) is 41.9. The van der Waals surface area contributed by atoms with E-state index in [2.05, 4.69) is 154 Å². The maximum Gasteiger partial charge on any atom is 0.264 e. The van der Waals surface area contributed by atoms with Crippen LogP contribution in [0.4, 0.5) is 42.9 Å². The van der Waals surface area contributed by atoms with E-state index in [0.29, 0.717) is 5.69 Å². The second-order valence-corrected chi connectivity index (χ2v) is 23.0. The molecule has 5 aromatic carbocycles. The minimum atomic E-state index is -0.574. The van der Waals surface area contributed by atoms with Crippen LogP contribution in [0.1, 0.15) is 135 Å². The molecule has 0 spiro atoms. The Morgan fingerprint density at radius 2 is 1.14 bits per heavy atom. The summed E-state index contributed by atoms with van der Waals surface area (Å²) < 4.78 is 33.8. The molecule has 10 rings (SSSR count). The summed E-state index contributed by atoms with van der Waals surface area (Å²) >= 11 is 1.87. The zero-order valence-corrected chi connectivity index (χ0v) is 37.8. The van der Waals surface area contributed by atoms with E-state index in [1.54, 1.807) is 6.07 Å². The molecule has 0 radical (unpaired) electrons. The van der Waals surface area contributed by atoms with Gasteiger partial charge in [0.05, 0.1) is 11.4 Å². The first-order valence-electron chi connectivity index (χ1n) is 21.7. The van der Waals surface area contributed by atoms with Gasteiger partial charge in [0, 0.05) is 43.7 Å². The van der Waals surface area contributed by atoms with Gasteiger partial charge in [0.25, 0.3) is 6.71 Å². The predicted octanol–water partition coefficient (Wildman–Crippen LogP) is 13.6. The molecule has 0 amide bonds. The van der Waals surface area contributed by atoms with E-state index in [1.807, 2.05) is 11.3 Å². The van der Waals surface area contributed by atoms with Gasteiger partial charge in [-0.2, -0.15) is 0 Å². The van der Waals surface area contributed by atoms with Crippen LogP contribution in [0.2, 0.25) is 0 Å². The van der Waals surface area contributed by atoms with Crippen molar-refractivity contribution in [1.82, 2.24) is 0 Å². The Bertz CT molecular complexity index is 2760. The molecule has 2 aliphatic carbocycles. The Morgan fingerprint density at radius 3 is 1.71 bits per heavy atom. The van der Waals surface area contributed by atoms with E-state index in [4.69, 9.17) is 0 Å². The van der Waals surface area contributed by atoms with Crippen LogP contribution >= 0.6 is 11.3 Å². The number of halogens is 2. The molecule has 0 saturated carbocycles. The molecule has 4 aliphatic rings. The Morgan fingerprint density at radius 1 is 0.593 bits per heavy atom. The second-order valence-electron chi connectivity index (χ2n) is 21.9. The molecule has 0 unspecified atom stereocenters. The third kappa shape index (κ3) is 5.67. The van der Waals surface area contributed by atoms with Gasteiger partial charge in [-0.25, -0.2) is 8.78 Å². The topological polar surface area (TPSA) is 6.48 Å². The Balaban J connectivity index is 1.35. The molecule has 6 heteroatoms. The van der Waals surface area contributed by atoms with Crippen LogP contribution in [0.3, 0.4) is 0 Å². The summed E-state index contributed by atoms with van der Waals surface area (Å²) in [5.41, 5.74) is 16.4. The Labute approximate surface area is 354 Å². The first-order valence-corrected chi connectivity index (χ1v) is 22.5. The van der Waals surface area contributed by atoms with E-state index in [9.17, 15) is 4.39 Å². The molecule has 0 atom stereocenters. The summed E-state index contributed by atoms with van der Waals surface area (Å²) in [5.74, 6) is -1.14. The fourth-order valence-corrected chi connectivity index (χ4v) is 12.4. The maximum atomic E-state index is 16.6. The smallest absolute Gasteiger partial charge is 0.264 e. The number of hydrogen-bond acceptors (Lipinski definition) is 3.